The molecule has 1 aromatic carbocycles. The topological polar surface area (TPSA) is 63.7 Å². The summed E-state index contributed by atoms with van der Waals surface area (Å²) in [6, 6.07) is 6.65. The average Bonchev–Trinajstić information content (AvgIpc) is 2.38. The van der Waals surface area contributed by atoms with Crippen molar-refractivity contribution in [3.05, 3.63) is 34.9 Å². The Morgan fingerprint density at radius 1 is 1.30 bits per heavy atom. The zero-order valence-corrected chi connectivity index (χ0v) is 12.5. The van der Waals surface area contributed by atoms with E-state index in [0.29, 0.717) is 36.9 Å². The van der Waals surface area contributed by atoms with Gasteiger partial charge >= 0.3 is 0 Å². The predicted octanol–water partition coefficient (Wildman–Crippen LogP) is 1.11. The Labute approximate surface area is 123 Å². The van der Waals surface area contributed by atoms with Crippen LogP contribution in [0.25, 0.3) is 0 Å². The lowest BCUT2D eigenvalue weighted by molar-refractivity contribution is -0.132. The number of rotatable bonds is 4. The fourth-order valence-corrected chi connectivity index (χ4v) is 3.59. The van der Waals surface area contributed by atoms with E-state index in [4.69, 9.17) is 16.3 Å². The van der Waals surface area contributed by atoms with Crippen LogP contribution in [0.15, 0.2) is 24.3 Å². The molecule has 0 N–H and O–H groups in total. The maximum Gasteiger partial charge on any atom is 0.237 e. The van der Waals surface area contributed by atoms with Crippen LogP contribution in [0.2, 0.25) is 5.02 Å². The normalized spacial score (nSPS) is 16.1. The molecule has 0 unspecified atom stereocenters. The van der Waals surface area contributed by atoms with Gasteiger partial charge in [-0.1, -0.05) is 23.7 Å². The average molecular weight is 318 g/mol. The number of ether oxygens (including phenoxy) is 1. The molecule has 110 valence electrons. The Balaban J connectivity index is 1.98. The van der Waals surface area contributed by atoms with Crippen molar-refractivity contribution in [1.82, 2.24) is 4.90 Å². The van der Waals surface area contributed by atoms with Crippen LogP contribution in [-0.2, 0) is 25.1 Å². The standard InChI is InChI=1S/C13H16ClNO4S/c14-12-3-1-2-11(8-12)9-20(17,18)10-13(16)15-4-6-19-7-5-15/h1-3,8H,4-7,9-10H2. The number of benzene rings is 1. The van der Waals surface area contributed by atoms with Crippen LogP contribution >= 0.6 is 11.6 Å². The summed E-state index contributed by atoms with van der Waals surface area (Å²) in [5.41, 5.74) is 0.590. The van der Waals surface area contributed by atoms with Crippen molar-refractivity contribution in [2.24, 2.45) is 0 Å². The van der Waals surface area contributed by atoms with Gasteiger partial charge in [0.05, 0.1) is 19.0 Å². The van der Waals surface area contributed by atoms with Crippen molar-refractivity contribution in [3.8, 4) is 0 Å². The Kier molecular flexibility index (Phi) is 5.01. The van der Waals surface area contributed by atoms with Gasteiger partial charge in [-0.25, -0.2) is 8.42 Å². The quantitative estimate of drug-likeness (QED) is 0.834. The maximum absolute atomic E-state index is 12.0. The van der Waals surface area contributed by atoms with Crippen LogP contribution in [-0.4, -0.2) is 51.3 Å². The first-order valence-electron chi connectivity index (χ1n) is 6.27. The first-order chi connectivity index (χ1) is 9.46. The van der Waals surface area contributed by atoms with Crippen LogP contribution in [0.4, 0.5) is 0 Å². The van der Waals surface area contributed by atoms with E-state index in [1.165, 1.54) is 4.90 Å². The van der Waals surface area contributed by atoms with E-state index in [0.717, 1.165) is 0 Å². The molecule has 1 heterocycles. The summed E-state index contributed by atoms with van der Waals surface area (Å²) in [6.45, 7) is 1.82. The number of carbonyl (C=O) groups excluding carboxylic acids is 1. The van der Waals surface area contributed by atoms with E-state index >= 15 is 0 Å². The lowest BCUT2D eigenvalue weighted by Crippen LogP contribution is -2.43. The molecule has 1 saturated heterocycles. The molecular weight excluding hydrogens is 302 g/mol. The van der Waals surface area contributed by atoms with Gasteiger partial charge in [0.15, 0.2) is 9.84 Å². The van der Waals surface area contributed by atoms with E-state index in [1.807, 2.05) is 0 Å². The number of hydrogen-bond acceptors (Lipinski definition) is 4. The number of halogens is 1. The maximum atomic E-state index is 12.0. The van der Waals surface area contributed by atoms with Gasteiger partial charge < -0.3 is 9.64 Å². The van der Waals surface area contributed by atoms with Crippen LogP contribution < -0.4 is 0 Å². The van der Waals surface area contributed by atoms with Gasteiger partial charge in [-0.05, 0) is 17.7 Å². The van der Waals surface area contributed by atoms with E-state index in [9.17, 15) is 13.2 Å². The molecule has 1 aromatic rings. The molecule has 20 heavy (non-hydrogen) atoms. The molecule has 0 radical (unpaired) electrons. The molecule has 0 bridgehead atoms. The second-order valence-electron chi connectivity index (χ2n) is 4.66. The lowest BCUT2D eigenvalue weighted by atomic mass is 10.2. The molecule has 0 aliphatic carbocycles. The third kappa shape index (κ3) is 4.47. The molecule has 1 fully saturated rings. The van der Waals surface area contributed by atoms with Crippen LogP contribution in [0.1, 0.15) is 5.56 Å². The van der Waals surface area contributed by atoms with Crippen LogP contribution in [0.3, 0.4) is 0 Å². The summed E-state index contributed by atoms with van der Waals surface area (Å²) in [5.74, 6) is -1.02. The third-order valence-electron chi connectivity index (χ3n) is 2.98. The minimum Gasteiger partial charge on any atom is -0.378 e. The number of carbonyl (C=O) groups is 1. The Bertz CT molecular complexity index is 582. The molecule has 0 spiro atoms. The summed E-state index contributed by atoms with van der Waals surface area (Å²) in [5, 5.41) is 0.484. The van der Waals surface area contributed by atoms with Crippen molar-refractivity contribution >= 4 is 27.3 Å². The SMILES string of the molecule is O=C(CS(=O)(=O)Cc1cccc(Cl)c1)N1CCOCC1. The highest BCUT2D eigenvalue weighted by Gasteiger charge is 2.23. The summed E-state index contributed by atoms with van der Waals surface area (Å²) >= 11 is 5.82. The van der Waals surface area contributed by atoms with Crippen molar-refractivity contribution in [1.29, 1.82) is 0 Å². The van der Waals surface area contributed by atoms with E-state index in [-0.39, 0.29) is 11.7 Å². The molecule has 0 saturated carbocycles. The van der Waals surface area contributed by atoms with Gasteiger partial charge in [0.1, 0.15) is 5.75 Å². The summed E-state index contributed by atoms with van der Waals surface area (Å²) in [7, 11) is -3.49. The number of amides is 1. The molecule has 1 amide bonds. The fraction of sp³-hybridized carbons (Fsp3) is 0.462. The highest BCUT2D eigenvalue weighted by molar-refractivity contribution is 7.91. The largest absolute Gasteiger partial charge is 0.378 e. The molecule has 0 aromatic heterocycles. The van der Waals surface area contributed by atoms with Crippen molar-refractivity contribution < 1.29 is 17.9 Å². The Hall–Kier alpha value is -1.11. The van der Waals surface area contributed by atoms with E-state index < -0.39 is 15.6 Å². The second-order valence-corrected chi connectivity index (χ2v) is 7.16. The highest BCUT2D eigenvalue weighted by Crippen LogP contribution is 2.14. The molecule has 0 atom stereocenters. The number of sulfone groups is 1. The zero-order chi connectivity index (χ0) is 14.6. The number of hydrogen-bond donors (Lipinski definition) is 0. The minimum absolute atomic E-state index is 0.177. The van der Waals surface area contributed by atoms with Gasteiger partial charge in [0.2, 0.25) is 5.91 Å². The molecule has 2 rings (SSSR count). The van der Waals surface area contributed by atoms with Gasteiger partial charge in [-0.15, -0.1) is 0 Å². The van der Waals surface area contributed by atoms with Crippen LogP contribution in [0.5, 0.6) is 0 Å². The Morgan fingerprint density at radius 2 is 2.00 bits per heavy atom. The third-order valence-corrected chi connectivity index (χ3v) is 4.68. The monoisotopic (exact) mass is 317 g/mol. The van der Waals surface area contributed by atoms with Gasteiger partial charge in [-0.2, -0.15) is 0 Å². The smallest absolute Gasteiger partial charge is 0.237 e. The molecule has 5 nitrogen and oxygen atoms in total. The first-order valence-corrected chi connectivity index (χ1v) is 8.47. The van der Waals surface area contributed by atoms with Crippen molar-refractivity contribution in [3.63, 3.8) is 0 Å². The Morgan fingerprint density at radius 3 is 2.65 bits per heavy atom. The second kappa shape index (κ2) is 6.56. The molecular formula is C13H16ClNO4S. The minimum atomic E-state index is -3.49. The lowest BCUT2D eigenvalue weighted by Gasteiger charge is -2.26. The van der Waals surface area contributed by atoms with Gasteiger partial charge in [0.25, 0.3) is 0 Å². The highest BCUT2D eigenvalue weighted by atomic mass is 35.5. The van der Waals surface area contributed by atoms with Gasteiger partial charge in [-0.3, -0.25) is 4.79 Å². The van der Waals surface area contributed by atoms with E-state index in [2.05, 4.69) is 0 Å². The van der Waals surface area contributed by atoms with E-state index in [1.54, 1.807) is 24.3 Å². The number of nitrogens with zero attached hydrogens (tertiary/aromatic N) is 1. The summed E-state index contributed by atoms with van der Waals surface area (Å²) in [4.78, 5) is 13.5. The first kappa shape index (κ1) is 15.3. The molecule has 1 aliphatic rings. The fourth-order valence-electron chi connectivity index (χ4n) is 2.02. The van der Waals surface area contributed by atoms with Crippen LogP contribution in [0, 0.1) is 0 Å². The van der Waals surface area contributed by atoms with Gasteiger partial charge in [0, 0.05) is 18.1 Å². The summed E-state index contributed by atoms with van der Waals surface area (Å²) < 4.78 is 29.2. The summed E-state index contributed by atoms with van der Waals surface area (Å²) in [6.07, 6.45) is 0. The number of morpholine rings is 1. The molecule has 7 heteroatoms. The molecule has 1 aliphatic heterocycles. The van der Waals surface area contributed by atoms with Crippen molar-refractivity contribution in [2.75, 3.05) is 32.1 Å². The predicted molar refractivity (Wildman–Crippen MR) is 76.3 cm³/mol. The zero-order valence-electron chi connectivity index (χ0n) is 10.9. The van der Waals surface area contributed by atoms with Crippen molar-refractivity contribution in [2.45, 2.75) is 5.75 Å².